The molecular formula is C22H15ClFN3O2S. The Morgan fingerprint density at radius 1 is 1.07 bits per heavy atom. The molecule has 0 saturated heterocycles. The predicted molar refractivity (Wildman–Crippen MR) is 118 cm³/mol. The van der Waals surface area contributed by atoms with Crippen LogP contribution in [0, 0.1) is 5.82 Å². The first-order valence-corrected chi connectivity index (χ1v) is 10.3. The van der Waals surface area contributed by atoms with Crippen LogP contribution >= 0.6 is 23.4 Å². The van der Waals surface area contributed by atoms with Crippen LogP contribution in [0.1, 0.15) is 0 Å². The third kappa shape index (κ3) is 4.37. The quantitative estimate of drug-likeness (QED) is 0.354. The zero-order valence-electron chi connectivity index (χ0n) is 15.5. The lowest BCUT2D eigenvalue weighted by Gasteiger charge is -2.13. The number of nitrogens with one attached hydrogen (secondary N) is 1. The van der Waals surface area contributed by atoms with E-state index in [1.165, 1.54) is 28.8 Å². The zero-order chi connectivity index (χ0) is 21.1. The largest absolute Gasteiger partial charge is 0.325 e. The van der Waals surface area contributed by atoms with Crippen LogP contribution in [-0.2, 0) is 4.79 Å². The highest BCUT2D eigenvalue weighted by molar-refractivity contribution is 7.99. The van der Waals surface area contributed by atoms with Gasteiger partial charge in [0.2, 0.25) is 5.91 Å². The molecule has 4 aromatic rings. The average molecular weight is 440 g/mol. The van der Waals surface area contributed by atoms with Gasteiger partial charge in [-0.2, -0.15) is 0 Å². The average Bonchev–Trinajstić information content (AvgIpc) is 2.73. The summed E-state index contributed by atoms with van der Waals surface area (Å²) in [6.07, 6.45) is 0. The van der Waals surface area contributed by atoms with E-state index in [9.17, 15) is 14.0 Å². The molecule has 0 unspecified atom stereocenters. The molecule has 0 radical (unpaired) electrons. The molecule has 1 heterocycles. The number of benzene rings is 3. The van der Waals surface area contributed by atoms with Gasteiger partial charge in [-0.1, -0.05) is 41.6 Å². The summed E-state index contributed by atoms with van der Waals surface area (Å²) >= 11 is 7.06. The van der Waals surface area contributed by atoms with Crippen molar-refractivity contribution < 1.29 is 9.18 Å². The van der Waals surface area contributed by atoms with E-state index in [1.54, 1.807) is 48.5 Å². The predicted octanol–water partition coefficient (Wildman–Crippen LogP) is 4.91. The molecule has 1 amide bonds. The van der Waals surface area contributed by atoms with Gasteiger partial charge in [0, 0.05) is 10.7 Å². The van der Waals surface area contributed by atoms with Crippen LogP contribution < -0.4 is 10.9 Å². The second-order valence-electron chi connectivity index (χ2n) is 6.38. The zero-order valence-corrected chi connectivity index (χ0v) is 17.1. The van der Waals surface area contributed by atoms with Gasteiger partial charge in [0.25, 0.3) is 5.56 Å². The van der Waals surface area contributed by atoms with E-state index in [4.69, 9.17) is 11.6 Å². The molecule has 0 atom stereocenters. The van der Waals surface area contributed by atoms with Crippen LogP contribution in [0.3, 0.4) is 0 Å². The van der Waals surface area contributed by atoms with Gasteiger partial charge in [0.05, 0.1) is 22.3 Å². The van der Waals surface area contributed by atoms with Crippen molar-refractivity contribution in [2.24, 2.45) is 0 Å². The molecule has 30 heavy (non-hydrogen) atoms. The number of aromatic nitrogens is 2. The lowest BCUT2D eigenvalue weighted by atomic mass is 10.2. The summed E-state index contributed by atoms with van der Waals surface area (Å²) in [5, 5.41) is 4.06. The van der Waals surface area contributed by atoms with Crippen molar-refractivity contribution in [1.82, 2.24) is 9.55 Å². The SMILES string of the molecule is O=C(CSc1nc2ccccc2c(=O)n1-c1ccc(F)cc1)Nc1cccc(Cl)c1. The third-order valence-electron chi connectivity index (χ3n) is 4.27. The Bertz CT molecular complexity index is 1290. The highest BCUT2D eigenvalue weighted by Crippen LogP contribution is 2.22. The van der Waals surface area contributed by atoms with Crippen molar-refractivity contribution >= 4 is 45.9 Å². The van der Waals surface area contributed by atoms with E-state index in [2.05, 4.69) is 10.3 Å². The molecule has 150 valence electrons. The summed E-state index contributed by atoms with van der Waals surface area (Å²) < 4.78 is 14.8. The van der Waals surface area contributed by atoms with E-state index in [1.807, 2.05) is 0 Å². The monoisotopic (exact) mass is 439 g/mol. The van der Waals surface area contributed by atoms with Gasteiger partial charge >= 0.3 is 0 Å². The number of carbonyl (C=O) groups excluding carboxylic acids is 1. The van der Waals surface area contributed by atoms with Crippen molar-refractivity contribution in [2.45, 2.75) is 5.16 Å². The van der Waals surface area contributed by atoms with Gasteiger partial charge in [-0.05, 0) is 54.6 Å². The molecule has 0 bridgehead atoms. The Morgan fingerprint density at radius 3 is 2.60 bits per heavy atom. The molecule has 0 saturated carbocycles. The number of halogens is 2. The van der Waals surface area contributed by atoms with E-state index in [0.29, 0.717) is 32.5 Å². The summed E-state index contributed by atoms with van der Waals surface area (Å²) in [5.41, 5.74) is 1.29. The first-order valence-electron chi connectivity index (χ1n) is 8.97. The number of fused-ring (bicyclic) bond motifs is 1. The highest BCUT2D eigenvalue weighted by atomic mass is 35.5. The maximum Gasteiger partial charge on any atom is 0.266 e. The molecular weight excluding hydrogens is 425 g/mol. The molecule has 8 heteroatoms. The number of thioether (sulfide) groups is 1. The number of hydrogen-bond acceptors (Lipinski definition) is 4. The maximum atomic E-state index is 13.4. The number of rotatable bonds is 5. The molecule has 1 aromatic heterocycles. The van der Waals surface area contributed by atoms with Crippen LogP contribution in [0.5, 0.6) is 0 Å². The summed E-state index contributed by atoms with van der Waals surface area (Å²) in [4.78, 5) is 30.1. The third-order valence-corrected chi connectivity index (χ3v) is 5.44. The second kappa shape index (κ2) is 8.69. The van der Waals surface area contributed by atoms with Gasteiger partial charge in [-0.3, -0.25) is 14.2 Å². The Morgan fingerprint density at radius 2 is 1.83 bits per heavy atom. The van der Waals surface area contributed by atoms with E-state index in [-0.39, 0.29) is 17.2 Å². The molecule has 0 aliphatic carbocycles. The number of anilines is 1. The molecule has 5 nitrogen and oxygen atoms in total. The van der Waals surface area contributed by atoms with Gasteiger partial charge in [0.15, 0.2) is 5.16 Å². The van der Waals surface area contributed by atoms with Gasteiger partial charge in [-0.25, -0.2) is 9.37 Å². The van der Waals surface area contributed by atoms with E-state index < -0.39 is 5.82 Å². The molecule has 0 aliphatic heterocycles. The van der Waals surface area contributed by atoms with E-state index in [0.717, 1.165) is 11.8 Å². The Labute approximate surface area is 180 Å². The summed E-state index contributed by atoms with van der Waals surface area (Å²) in [7, 11) is 0. The maximum absolute atomic E-state index is 13.4. The number of hydrogen-bond donors (Lipinski definition) is 1. The summed E-state index contributed by atoms with van der Waals surface area (Å²) in [5.74, 6) is -0.649. The van der Waals surface area contributed by atoms with Crippen LogP contribution in [0.15, 0.2) is 82.7 Å². The topological polar surface area (TPSA) is 64.0 Å². The fraction of sp³-hybridized carbons (Fsp3) is 0.0455. The van der Waals surface area contributed by atoms with Crippen molar-refractivity contribution in [2.75, 3.05) is 11.1 Å². The first-order chi connectivity index (χ1) is 14.5. The van der Waals surface area contributed by atoms with Crippen molar-refractivity contribution in [3.63, 3.8) is 0 Å². The normalized spacial score (nSPS) is 10.9. The standard InChI is InChI=1S/C22H15ClFN3O2S/c23-14-4-3-5-16(12-14)25-20(28)13-30-22-26-19-7-2-1-6-18(19)21(29)27(22)17-10-8-15(24)9-11-17/h1-12H,13H2,(H,25,28). The van der Waals surface area contributed by atoms with Gasteiger partial charge in [0.1, 0.15) is 5.82 Å². The molecule has 0 aliphatic rings. The molecule has 0 fully saturated rings. The van der Waals surface area contributed by atoms with Crippen LogP contribution in [0.4, 0.5) is 10.1 Å². The van der Waals surface area contributed by atoms with Crippen molar-refractivity contribution in [1.29, 1.82) is 0 Å². The Balaban J connectivity index is 1.67. The first kappa shape index (κ1) is 20.1. The Kier molecular flexibility index (Phi) is 5.83. The number of carbonyl (C=O) groups is 1. The second-order valence-corrected chi connectivity index (χ2v) is 7.75. The fourth-order valence-corrected chi connectivity index (χ4v) is 3.92. The minimum Gasteiger partial charge on any atom is -0.325 e. The molecule has 3 aromatic carbocycles. The smallest absolute Gasteiger partial charge is 0.266 e. The molecule has 0 spiro atoms. The van der Waals surface area contributed by atoms with Crippen LogP contribution in [0.25, 0.3) is 16.6 Å². The molecule has 4 rings (SSSR count). The van der Waals surface area contributed by atoms with Crippen LogP contribution in [-0.4, -0.2) is 21.2 Å². The number of amides is 1. The number of para-hydroxylation sites is 1. The lowest BCUT2D eigenvalue weighted by molar-refractivity contribution is -0.113. The Hall–Kier alpha value is -3.16. The lowest BCUT2D eigenvalue weighted by Crippen LogP contribution is -2.23. The summed E-state index contributed by atoms with van der Waals surface area (Å²) in [6.45, 7) is 0. The minimum absolute atomic E-state index is 0.0263. The van der Waals surface area contributed by atoms with Crippen molar-refractivity contribution in [3.8, 4) is 5.69 Å². The number of nitrogens with zero attached hydrogens (tertiary/aromatic N) is 2. The molecule has 1 N–H and O–H groups in total. The van der Waals surface area contributed by atoms with E-state index >= 15 is 0 Å². The fourth-order valence-electron chi connectivity index (χ4n) is 2.92. The van der Waals surface area contributed by atoms with Gasteiger partial charge in [-0.15, -0.1) is 0 Å². The summed E-state index contributed by atoms with van der Waals surface area (Å²) in [6, 6.07) is 19.4. The minimum atomic E-state index is -0.407. The van der Waals surface area contributed by atoms with Crippen molar-refractivity contribution in [3.05, 3.63) is 94.0 Å². The van der Waals surface area contributed by atoms with Crippen LogP contribution in [0.2, 0.25) is 5.02 Å². The van der Waals surface area contributed by atoms with Gasteiger partial charge < -0.3 is 5.32 Å². The highest BCUT2D eigenvalue weighted by Gasteiger charge is 2.15.